The van der Waals surface area contributed by atoms with Crippen molar-refractivity contribution < 1.29 is 13.9 Å². The van der Waals surface area contributed by atoms with Gasteiger partial charge in [-0.1, -0.05) is 18.2 Å². The van der Waals surface area contributed by atoms with Gasteiger partial charge in [0, 0.05) is 34.1 Å². The largest absolute Gasteiger partial charge is 0.484 e. The number of fused-ring (bicyclic) bond motifs is 4. The van der Waals surface area contributed by atoms with Crippen LogP contribution >= 0.6 is 0 Å². The first-order chi connectivity index (χ1) is 14.6. The van der Waals surface area contributed by atoms with Crippen LogP contribution < -0.4 is 15.7 Å². The Morgan fingerprint density at radius 2 is 2.07 bits per heavy atom. The van der Waals surface area contributed by atoms with E-state index in [-0.39, 0.29) is 18.6 Å². The lowest BCUT2D eigenvalue weighted by Gasteiger charge is -2.23. The van der Waals surface area contributed by atoms with Gasteiger partial charge in [-0.15, -0.1) is 0 Å². The minimum absolute atomic E-state index is 0.0467. The molecule has 2 aromatic heterocycles. The van der Waals surface area contributed by atoms with Crippen molar-refractivity contribution in [3.05, 3.63) is 75.8 Å². The molecule has 0 spiro atoms. The fraction of sp³-hybridized carbons (Fsp3) is 0.250. The van der Waals surface area contributed by atoms with E-state index in [2.05, 4.69) is 22.4 Å². The third-order valence-corrected chi connectivity index (χ3v) is 5.74. The summed E-state index contributed by atoms with van der Waals surface area (Å²) in [7, 11) is 0. The van der Waals surface area contributed by atoms with Crippen molar-refractivity contribution in [1.29, 1.82) is 0 Å². The van der Waals surface area contributed by atoms with Crippen molar-refractivity contribution in [1.82, 2.24) is 10.3 Å². The van der Waals surface area contributed by atoms with Crippen LogP contribution in [0.25, 0.3) is 21.9 Å². The van der Waals surface area contributed by atoms with Gasteiger partial charge < -0.3 is 19.5 Å². The second-order valence-electron chi connectivity index (χ2n) is 7.77. The van der Waals surface area contributed by atoms with Crippen molar-refractivity contribution in [3.8, 4) is 5.75 Å². The molecule has 0 bridgehead atoms. The average molecular weight is 402 g/mol. The Labute approximate surface area is 172 Å². The molecule has 2 aromatic carbocycles. The molecule has 30 heavy (non-hydrogen) atoms. The summed E-state index contributed by atoms with van der Waals surface area (Å²) in [5.41, 5.74) is 4.39. The van der Waals surface area contributed by atoms with E-state index in [1.165, 1.54) is 17.0 Å². The van der Waals surface area contributed by atoms with Crippen LogP contribution in [-0.2, 0) is 11.2 Å². The molecule has 5 rings (SSSR count). The summed E-state index contributed by atoms with van der Waals surface area (Å²) in [6.45, 7) is 1.75. The van der Waals surface area contributed by atoms with E-state index < -0.39 is 5.63 Å². The molecule has 0 fully saturated rings. The molecule has 2 N–H and O–H groups in total. The molecule has 1 atom stereocenters. The Bertz CT molecular complexity index is 1320. The monoisotopic (exact) mass is 402 g/mol. The molecule has 6 nitrogen and oxygen atoms in total. The maximum Gasteiger partial charge on any atom is 0.336 e. The number of hydrogen-bond acceptors (Lipinski definition) is 4. The minimum Gasteiger partial charge on any atom is -0.484 e. The fourth-order valence-electron chi connectivity index (χ4n) is 4.34. The molecular weight excluding hydrogens is 380 g/mol. The first-order valence-electron chi connectivity index (χ1n) is 10.1. The summed E-state index contributed by atoms with van der Waals surface area (Å²) in [5, 5.41) is 5.17. The number of aromatic amines is 1. The number of nitrogens with one attached hydrogen (secondary N) is 2. The maximum absolute atomic E-state index is 12.6. The van der Waals surface area contributed by atoms with Gasteiger partial charge in [-0.3, -0.25) is 4.79 Å². The van der Waals surface area contributed by atoms with Gasteiger partial charge >= 0.3 is 5.63 Å². The van der Waals surface area contributed by atoms with Crippen molar-refractivity contribution >= 4 is 27.8 Å². The number of amides is 1. The Morgan fingerprint density at radius 3 is 2.97 bits per heavy atom. The van der Waals surface area contributed by atoms with Gasteiger partial charge in [-0.2, -0.15) is 0 Å². The lowest BCUT2D eigenvalue weighted by Crippen LogP contribution is -2.34. The number of rotatable bonds is 4. The topological polar surface area (TPSA) is 84.3 Å². The highest BCUT2D eigenvalue weighted by molar-refractivity contribution is 5.86. The molecule has 0 aliphatic heterocycles. The van der Waals surface area contributed by atoms with Crippen LogP contribution in [0.4, 0.5) is 0 Å². The van der Waals surface area contributed by atoms with E-state index in [1.54, 1.807) is 12.1 Å². The number of H-pyrrole nitrogens is 1. The molecule has 152 valence electrons. The standard InChI is InChI=1S/C24H22N2O4/c1-14-11-23(28)30-21-12-15(9-10-16(14)21)29-13-22(27)25-20-8-4-6-18-17-5-2-3-7-19(17)26-24(18)20/h2-3,5,7,9-12,20,26H,4,6,8,13H2,1H3,(H,25,27)/t20-/m0/s1. The van der Waals surface area contributed by atoms with Gasteiger partial charge in [0.05, 0.1) is 6.04 Å². The van der Waals surface area contributed by atoms with Gasteiger partial charge in [-0.25, -0.2) is 4.79 Å². The van der Waals surface area contributed by atoms with Crippen molar-refractivity contribution in [2.24, 2.45) is 0 Å². The normalized spacial score (nSPS) is 15.8. The van der Waals surface area contributed by atoms with Gasteiger partial charge in [0.25, 0.3) is 5.91 Å². The number of carbonyl (C=O) groups excluding carboxylic acids is 1. The summed E-state index contributed by atoms with van der Waals surface area (Å²) in [4.78, 5) is 27.6. The average Bonchev–Trinajstić information content (AvgIpc) is 3.12. The van der Waals surface area contributed by atoms with Crippen LogP contribution in [0.3, 0.4) is 0 Å². The highest BCUT2D eigenvalue weighted by Crippen LogP contribution is 2.34. The summed E-state index contributed by atoms with van der Waals surface area (Å²) in [6.07, 6.45) is 2.94. The summed E-state index contributed by atoms with van der Waals surface area (Å²) in [5.74, 6) is 0.304. The molecule has 1 aliphatic carbocycles. The van der Waals surface area contributed by atoms with Gasteiger partial charge in [0.2, 0.25) is 0 Å². The maximum atomic E-state index is 12.6. The van der Waals surface area contributed by atoms with Crippen LogP contribution in [-0.4, -0.2) is 17.5 Å². The summed E-state index contributed by atoms with van der Waals surface area (Å²) in [6, 6.07) is 14.9. The van der Waals surface area contributed by atoms with Gasteiger partial charge in [0.15, 0.2) is 6.61 Å². The first kappa shape index (κ1) is 18.5. The number of aromatic nitrogens is 1. The fourth-order valence-corrected chi connectivity index (χ4v) is 4.34. The zero-order valence-corrected chi connectivity index (χ0v) is 16.7. The van der Waals surface area contributed by atoms with Crippen molar-refractivity contribution in [2.75, 3.05) is 6.61 Å². The van der Waals surface area contributed by atoms with Crippen LogP contribution in [0.5, 0.6) is 5.75 Å². The zero-order chi connectivity index (χ0) is 20.7. The second-order valence-corrected chi connectivity index (χ2v) is 7.77. The predicted octanol–water partition coefficient (Wildman–Crippen LogP) is 4.16. The van der Waals surface area contributed by atoms with Crippen LogP contribution in [0, 0.1) is 6.92 Å². The summed E-state index contributed by atoms with van der Waals surface area (Å²) >= 11 is 0. The van der Waals surface area contributed by atoms with Crippen molar-refractivity contribution in [2.45, 2.75) is 32.2 Å². The van der Waals surface area contributed by atoms with Crippen molar-refractivity contribution in [3.63, 3.8) is 0 Å². The number of aryl methyl sites for hydroxylation is 2. The lowest BCUT2D eigenvalue weighted by molar-refractivity contribution is -0.124. The quantitative estimate of drug-likeness (QED) is 0.502. The Hall–Kier alpha value is -3.54. The smallest absolute Gasteiger partial charge is 0.336 e. The number of ether oxygens (including phenoxy) is 1. The number of para-hydroxylation sites is 1. The van der Waals surface area contributed by atoms with E-state index >= 15 is 0 Å². The second kappa shape index (κ2) is 7.37. The number of carbonyl (C=O) groups is 1. The molecule has 1 aliphatic rings. The molecule has 4 aromatic rings. The van der Waals surface area contributed by atoms with Crippen LogP contribution in [0.2, 0.25) is 0 Å². The molecule has 0 unspecified atom stereocenters. The van der Waals surface area contributed by atoms with Crippen LogP contribution in [0.1, 0.15) is 35.7 Å². The SMILES string of the molecule is Cc1cc(=O)oc2cc(OCC(=O)N[C@H]3CCCc4c3[nH]c3ccccc43)ccc12. The van der Waals surface area contributed by atoms with E-state index in [1.807, 2.05) is 25.1 Å². The highest BCUT2D eigenvalue weighted by Gasteiger charge is 2.25. The van der Waals surface area contributed by atoms with E-state index in [9.17, 15) is 9.59 Å². The number of benzene rings is 2. The zero-order valence-electron chi connectivity index (χ0n) is 16.7. The lowest BCUT2D eigenvalue weighted by atomic mass is 9.91. The first-order valence-corrected chi connectivity index (χ1v) is 10.1. The molecule has 0 radical (unpaired) electrons. The summed E-state index contributed by atoms with van der Waals surface area (Å²) < 4.78 is 10.9. The molecule has 1 amide bonds. The molecule has 2 heterocycles. The molecule has 0 saturated carbocycles. The molecular formula is C24H22N2O4. The predicted molar refractivity (Wildman–Crippen MR) is 115 cm³/mol. The Balaban J connectivity index is 1.29. The van der Waals surface area contributed by atoms with E-state index in [0.29, 0.717) is 11.3 Å². The van der Waals surface area contributed by atoms with E-state index in [4.69, 9.17) is 9.15 Å². The van der Waals surface area contributed by atoms with Gasteiger partial charge in [-0.05, 0) is 55.5 Å². The highest BCUT2D eigenvalue weighted by atomic mass is 16.5. The van der Waals surface area contributed by atoms with Crippen LogP contribution in [0.15, 0.2) is 57.7 Å². The molecule has 6 heteroatoms. The number of hydrogen-bond donors (Lipinski definition) is 2. The molecule has 0 saturated heterocycles. The third kappa shape index (κ3) is 3.34. The minimum atomic E-state index is -0.402. The van der Waals surface area contributed by atoms with E-state index in [0.717, 1.165) is 41.4 Å². The Kier molecular flexibility index (Phi) is 4.54. The Morgan fingerprint density at radius 1 is 1.20 bits per heavy atom. The van der Waals surface area contributed by atoms with Gasteiger partial charge in [0.1, 0.15) is 11.3 Å². The third-order valence-electron chi connectivity index (χ3n) is 5.74.